The van der Waals surface area contributed by atoms with Crippen LogP contribution in [0, 0.1) is 11.3 Å². The van der Waals surface area contributed by atoms with Gasteiger partial charge in [0, 0.05) is 25.9 Å². The molecule has 1 aromatic carbocycles. The molecule has 5 rings (SSSR count). The predicted octanol–water partition coefficient (Wildman–Crippen LogP) is 8.86. The molecule has 3 aromatic rings. The van der Waals surface area contributed by atoms with Crippen LogP contribution in [0.5, 0.6) is 0 Å². The van der Waals surface area contributed by atoms with Crippen LogP contribution < -0.4 is 5.73 Å². The second-order valence-electron chi connectivity index (χ2n) is 15.8. The second kappa shape index (κ2) is 23.1. The van der Waals surface area contributed by atoms with E-state index in [0.717, 1.165) is 24.0 Å². The molecule has 1 unspecified atom stereocenters. The topological polar surface area (TPSA) is 185 Å². The summed E-state index contributed by atoms with van der Waals surface area (Å²) >= 11 is 12.6. The van der Waals surface area contributed by atoms with E-state index in [0.29, 0.717) is 40.9 Å². The minimum Gasteiger partial charge on any atom is -0.397 e. The number of benzene rings is 1. The summed E-state index contributed by atoms with van der Waals surface area (Å²) in [6, 6.07) is 9.91. The Morgan fingerprint density at radius 2 is 1.48 bits per heavy atom. The zero-order chi connectivity index (χ0) is 41.5. The Morgan fingerprint density at radius 1 is 0.914 bits per heavy atom. The number of ether oxygens (including phenoxy) is 2. The molecule has 16 heteroatoms. The predicted molar refractivity (Wildman–Crippen MR) is 225 cm³/mol. The van der Waals surface area contributed by atoms with Crippen molar-refractivity contribution in [3.63, 3.8) is 0 Å². The second-order valence-corrected chi connectivity index (χ2v) is 18.0. The number of phosphoric acid groups is 1. The van der Waals surface area contributed by atoms with E-state index in [-0.39, 0.29) is 18.9 Å². The number of phosphoric ester groups is 1. The number of aromatic nitrogens is 2. The number of nitrogens with two attached hydrogens (primary N) is 1. The zero-order valence-corrected chi connectivity index (χ0v) is 36.2. The first-order valence-corrected chi connectivity index (χ1v) is 23.3. The summed E-state index contributed by atoms with van der Waals surface area (Å²) in [4.78, 5) is 12.8. The molecule has 1 fully saturated rings. The summed E-state index contributed by atoms with van der Waals surface area (Å²) < 4.78 is 37.4. The Kier molecular flexibility index (Phi) is 18.6. The molecule has 322 valence electrons. The molecule has 6 atom stereocenters. The lowest BCUT2D eigenvalue weighted by Gasteiger charge is -2.28. The van der Waals surface area contributed by atoms with Gasteiger partial charge in [0.25, 0.3) is 0 Å². The van der Waals surface area contributed by atoms with E-state index in [4.69, 9.17) is 47.5 Å². The summed E-state index contributed by atoms with van der Waals surface area (Å²) in [6.45, 7) is 3.25. The van der Waals surface area contributed by atoms with E-state index in [9.17, 15) is 24.9 Å². The summed E-state index contributed by atoms with van der Waals surface area (Å²) in [5.41, 5.74) is 6.97. The third-order valence-electron chi connectivity index (χ3n) is 11.4. The highest BCUT2D eigenvalue weighted by molar-refractivity contribution is 7.47. The normalized spacial score (nSPS) is 22.3. The summed E-state index contributed by atoms with van der Waals surface area (Å²) in [5.74, 6) is 0. The third kappa shape index (κ3) is 12.6. The van der Waals surface area contributed by atoms with Gasteiger partial charge < -0.3 is 30.3 Å². The Balaban J connectivity index is 1.05. The van der Waals surface area contributed by atoms with Gasteiger partial charge in [-0.3, -0.25) is 13.9 Å². The van der Waals surface area contributed by atoms with E-state index < -0.39 is 44.4 Å². The molecule has 5 N–H and O–H groups in total. The number of hydrogen-bond donors (Lipinski definition) is 4. The number of nitrogens with zero attached hydrogens (tertiary/aromatic N) is 4. The number of nitriles is 1. The van der Waals surface area contributed by atoms with Gasteiger partial charge in [0.2, 0.25) is 5.60 Å². The fraction of sp³-hybridized carbons (Fsp3) is 0.667. The fourth-order valence-corrected chi connectivity index (χ4v) is 9.07. The molecule has 0 saturated carbocycles. The van der Waals surface area contributed by atoms with Crippen molar-refractivity contribution < 1.29 is 38.2 Å². The smallest absolute Gasteiger partial charge is 0.397 e. The Labute approximate surface area is 353 Å². The molecular formula is C42H62Cl2N5O8P. The lowest BCUT2D eigenvalue weighted by Crippen LogP contribution is -2.41. The van der Waals surface area contributed by atoms with Gasteiger partial charge in [0.05, 0.1) is 52.8 Å². The molecule has 0 spiro atoms. The first-order chi connectivity index (χ1) is 28.0. The van der Waals surface area contributed by atoms with Gasteiger partial charge in [0.15, 0.2) is 0 Å². The minimum absolute atomic E-state index is 0.131. The molecule has 58 heavy (non-hydrogen) atoms. The molecule has 4 heterocycles. The van der Waals surface area contributed by atoms with Crippen LogP contribution in [-0.2, 0) is 41.8 Å². The van der Waals surface area contributed by atoms with Gasteiger partial charge in [-0.2, -0.15) is 10.4 Å². The first-order valence-electron chi connectivity index (χ1n) is 21.1. The SMILES string of the molecule is CCCCCCCCCCCCCCCCCCOC[C@H](COP(=O)(O)OC[C@H]1O[C@@](C#N)(c2ccc3c(N)ccnn23)[C@H](O)[C@@H]1O)N1Cc2cc(Cl)c(Cl)cc2C1. The number of halogens is 2. The van der Waals surface area contributed by atoms with Crippen molar-refractivity contribution in [3.05, 3.63) is 63.4 Å². The molecule has 2 aliphatic rings. The van der Waals surface area contributed by atoms with Crippen LogP contribution in [0.4, 0.5) is 5.69 Å². The number of unbranched alkanes of at least 4 members (excludes halogenated alkanes) is 15. The maximum atomic E-state index is 13.2. The largest absolute Gasteiger partial charge is 0.472 e. The highest BCUT2D eigenvalue weighted by atomic mass is 35.5. The number of aliphatic hydroxyl groups is 2. The average Bonchev–Trinajstić information content (AvgIpc) is 3.90. The molecule has 0 amide bonds. The van der Waals surface area contributed by atoms with Crippen molar-refractivity contribution in [2.24, 2.45) is 0 Å². The molecule has 2 aliphatic heterocycles. The lowest BCUT2D eigenvalue weighted by molar-refractivity contribution is -0.0649. The van der Waals surface area contributed by atoms with Gasteiger partial charge in [-0.15, -0.1) is 0 Å². The van der Waals surface area contributed by atoms with Crippen LogP contribution >= 0.6 is 31.0 Å². The molecular weight excluding hydrogens is 804 g/mol. The minimum atomic E-state index is -4.72. The van der Waals surface area contributed by atoms with Crippen LogP contribution in [0.1, 0.15) is 126 Å². The lowest BCUT2D eigenvalue weighted by atomic mass is 9.92. The van der Waals surface area contributed by atoms with Gasteiger partial charge >= 0.3 is 7.82 Å². The number of hydrogen-bond acceptors (Lipinski definition) is 11. The fourth-order valence-electron chi connectivity index (χ4n) is 7.93. The van der Waals surface area contributed by atoms with Crippen molar-refractivity contribution in [1.82, 2.24) is 14.5 Å². The molecule has 13 nitrogen and oxygen atoms in total. The number of fused-ring (bicyclic) bond motifs is 2. The van der Waals surface area contributed by atoms with Crippen molar-refractivity contribution in [3.8, 4) is 6.07 Å². The number of aliphatic hydroxyl groups excluding tert-OH is 2. The van der Waals surface area contributed by atoms with Gasteiger partial charge in [-0.25, -0.2) is 9.08 Å². The molecule has 1 saturated heterocycles. The summed E-state index contributed by atoms with van der Waals surface area (Å²) in [7, 11) is -4.72. The quantitative estimate of drug-likeness (QED) is 0.0422. The highest BCUT2D eigenvalue weighted by Gasteiger charge is 2.58. The highest BCUT2D eigenvalue weighted by Crippen LogP contribution is 2.47. The first kappa shape index (κ1) is 46.8. The van der Waals surface area contributed by atoms with Crippen molar-refractivity contribution in [2.75, 3.05) is 32.2 Å². The Morgan fingerprint density at radius 3 is 2.05 bits per heavy atom. The van der Waals surface area contributed by atoms with Crippen LogP contribution in [0.25, 0.3) is 5.52 Å². The number of nitrogen functional groups attached to an aromatic ring is 1. The molecule has 0 radical (unpaired) electrons. The number of anilines is 1. The average molecular weight is 867 g/mol. The standard InChI is InChI=1S/C42H62Cl2N5O8P/c1-2-3-4-5-6-7-8-9-10-11-12-13-14-15-16-17-22-54-27-33(48-25-31-23-34(43)35(44)24-32(31)26-48)28-55-58(52,53)56-29-38-40(50)41(51)42(30-45,57-38)39-19-18-37-36(46)20-21-47-49(37)39/h18-21,23-24,33,38,40-41,50-51H,2-17,22,25-29,46H2,1H3,(H,52,53)/t33-,38-,40-,41-,42+/m1/s1. The van der Waals surface area contributed by atoms with Crippen LogP contribution in [0.3, 0.4) is 0 Å². The van der Waals surface area contributed by atoms with Crippen molar-refractivity contribution in [1.29, 1.82) is 5.26 Å². The van der Waals surface area contributed by atoms with E-state index in [1.54, 1.807) is 12.1 Å². The maximum absolute atomic E-state index is 13.2. The van der Waals surface area contributed by atoms with E-state index in [1.807, 2.05) is 18.2 Å². The Bertz CT molecular complexity index is 1800. The maximum Gasteiger partial charge on any atom is 0.472 e. The van der Waals surface area contributed by atoms with Gasteiger partial charge in [-0.1, -0.05) is 126 Å². The zero-order valence-electron chi connectivity index (χ0n) is 33.8. The van der Waals surface area contributed by atoms with Crippen LogP contribution in [0.15, 0.2) is 36.5 Å². The third-order valence-corrected chi connectivity index (χ3v) is 13.1. The summed E-state index contributed by atoms with van der Waals surface area (Å²) in [6.07, 6.45) is 17.3. The molecule has 0 aliphatic carbocycles. The van der Waals surface area contributed by atoms with Gasteiger partial charge in [0.1, 0.15) is 24.4 Å². The Hall–Kier alpha value is -2.31. The van der Waals surface area contributed by atoms with Crippen LogP contribution in [0.2, 0.25) is 10.0 Å². The van der Waals surface area contributed by atoms with Crippen molar-refractivity contribution >= 4 is 42.2 Å². The van der Waals surface area contributed by atoms with E-state index in [2.05, 4.69) is 16.9 Å². The van der Waals surface area contributed by atoms with Crippen LogP contribution in [-0.4, -0.2) is 80.4 Å². The van der Waals surface area contributed by atoms with E-state index in [1.165, 1.54) is 107 Å². The van der Waals surface area contributed by atoms with Crippen molar-refractivity contribution in [2.45, 2.75) is 153 Å². The monoisotopic (exact) mass is 865 g/mol. The van der Waals surface area contributed by atoms with Gasteiger partial charge in [-0.05, 0) is 47.9 Å². The molecule has 2 aromatic heterocycles. The molecule has 0 bridgehead atoms. The summed E-state index contributed by atoms with van der Waals surface area (Å²) in [5, 5.41) is 37.3. The number of rotatable bonds is 27. The van der Waals surface area contributed by atoms with E-state index >= 15 is 0 Å².